The van der Waals surface area contributed by atoms with Crippen molar-refractivity contribution in [1.29, 1.82) is 0 Å². The molecule has 0 aromatic heterocycles. The summed E-state index contributed by atoms with van der Waals surface area (Å²) < 4.78 is 34.5. The van der Waals surface area contributed by atoms with Crippen molar-refractivity contribution in [2.45, 2.75) is 28.2 Å². The van der Waals surface area contributed by atoms with Gasteiger partial charge in [-0.05, 0) is 73.2 Å². The molecule has 0 heterocycles. The van der Waals surface area contributed by atoms with Crippen LogP contribution < -0.4 is 14.4 Å². The van der Waals surface area contributed by atoms with Gasteiger partial charge in [-0.3, -0.25) is 9.10 Å². The van der Waals surface area contributed by atoms with Crippen LogP contribution in [0.2, 0.25) is 0 Å². The summed E-state index contributed by atoms with van der Waals surface area (Å²) in [5.41, 5.74) is 3.03. The average molecular weight is 595 g/mol. The summed E-state index contributed by atoms with van der Waals surface area (Å²) in [4.78, 5) is 15.0. The minimum absolute atomic E-state index is 0.167. The van der Waals surface area contributed by atoms with Gasteiger partial charge >= 0.3 is 0 Å². The fourth-order valence-electron chi connectivity index (χ4n) is 4.22. The normalized spacial score (nSPS) is 11.1. The Morgan fingerprint density at radius 1 is 0.762 bits per heavy atom. The molecule has 0 aliphatic heterocycles. The molecule has 0 radical (unpaired) electrons. The van der Waals surface area contributed by atoms with Gasteiger partial charge in [-0.25, -0.2) is 8.42 Å². The lowest BCUT2D eigenvalue weighted by Gasteiger charge is -2.25. The molecule has 0 saturated carbocycles. The third kappa shape index (κ3) is 7.40. The molecule has 0 aliphatic rings. The number of ether oxygens (including phenoxy) is 1. The molecular formula is C34H30N2O4S2. The minimum Gasteiger partial charge on any atom is -0.484 e. The maximum Gasteiger partial charge on any atom is 0.264 e. The van der Waals surface area contributed by atoms with Crippen molar-refractivity contribution in [2.75, 3.05) is 16.2 Å². The number of hydrogen-bond donors (Lipinski definition) is 1. The molecular weight excluding hydrogens is 565 g/mol. The quantitative estimate of drug-likeness (QED) is 0.171. The first-order chi connectivity index (χ1) is 20.4. The Bertz CT molecular complexity index is 1730. The van der Waals surface area contributed by atoms with Gasteiger partial charge < -0.3 is 10.1 Å². The highest BCUT2D eigenvalue weighted by atomic mass is 32.2. The molecule has 8 heteroatoms. The van der Waals surface area contributed by atoms with Crippen molar-refractivity contribution >= 4 is 39.1 Å². The number of aryl methyl sites for hydroxylation is 1. The summed E-state index contributed by atoms with van der Waals surface area (Å²) in [6, 6.07) is 40.5. The van der Waals surface area contributed by atoms with Crippen molar-refractivity contribution < 1.29 is 17.9 Å². The average Bonchev–Trinajstić information content (AvgIpc) is 3.01. The fraction of sp³-hybridized carbons (Fsp3) is 0.0882. The highest BCUT2D eigenvalue weighted by Crippen LogP contribution is 2.33. The van der Waals surface area contributed by atoms with Crippen LogP contribution in [-0.4, -0.2) is 20.9 Å². The molecule has 5 aromatic rings. The van der Waals surface area contributed by atoms with E-state index < -0.39 is 10.0 Å². The fourth-order valence-corrected chi connectivity index (χ4v) is 6.60. The van der Waals surface area contributed by atoms with Gasteiger partial charge in [-0.2, -0.15) is 0 Å². The number of anilines is 2. The van der Waals surface area contributed by atoms with Crippen molar-refractivity contribution in [3.63, 3.8) is 0 Å². The maximum atomic E-state index is 13.7. The summed E-state index contributed by atoms with van der Waals surface area (Å²) in [5, 5.41) is 2.93. The first kappa shape index (κ1) is 29.0. The molecule has 212 valence electrons. The van der Waals surface area contributed by atoms with E-state index in [9.17, 15) is 13.2 Å². The number of carbonyl (C=O) groups excluding carboxylic acids is 1. The standard InChI is InChI=1S/C34H30N2O4S2/c1-26-16-22-31(23-17-26)42(38,39)36(24-27-10-4-2-5-11-27)28-18-20-29(21-19-28)40-25-34(37)35-32-14-8-9-15-33(32)41-30-12-6-3-7-13-30/h2-23H,24-25H2,1H3,(H,35,37). The first-order valence-electron chi connectivity index (χ1n) is 13.4. The Morgan fingerprint density at radius 2 is 1.38 bits per heavy atom. The Hall–Kier alpha value is -4.53. The van der Waals surface area contributed by atoms with Gasteiger partial charge in [0.25, 0.3) is 15.9 Å². The molecule has 0 spiro atoms. The molecule has 1 N–H and O–H groups in total. The Balaban J connectivity index is 1.28. The summed E-state index contributed by atoms with van der Waals surface area (Å²) in [6.07, 6.45) is 0. The minimum atomic E-state index is -3.84. The molecule has 0 atom stereocenters. The summed E-state index contributed by atoms with van der Waals surface area (Å²) in [7, 11) is -3.84. The lowest BCUT2D eigenvalue weighted by Crippen LogP contribution is -2.30. The number of rotatable bonds is 11. The SMILES string of the molecule is Cc1ccc(S(=O)(=O)N(Cc2ccccc2)c2ccc(OCC(=O)Nc3ccccc3Sc3ccccc3)cc2)cc1. The summed E-state index contributed by atoms with van der Waals surface area (Å²) in [5.74, 6) is 0.154. The molecule has 0 bridgehead atoms. The van der Waals surface area contributed by atoms with Crippen molar-refractivity contribution in [2.24, 2.45) is 0 Å². The van der Waals surface area contributed by atoms with Crippen LogP contribution in [0.5, 0.6) is 5.75 Å². The highest BCUT2D eigenvalue weighted by molar-refractivity contribution is 7.99. The molecule has 5 aromatic carbocycles. The Kier molecular flexibility index (Phi) is 9.26. The summed E-state index contributed by atoms with van der Waals surface area (Å²) in [6.45, 7) is 1.89. The van der Waals surface area contributed by atoms with Crippen LogP contribution in [0.15, 0.2) is 148 Å². The number of amides is 1. The van der Waals surface area contributed by atoms with Gasteiger partial charge in [0.1, 0.15) is 5.75 Å². The van der Waals surface area contributed by atoms with E-state index in [1.54, 1.807) is 60.3 Å². The predicted octanol–water partition coefficient (Wildman–Crippen LogP) is 7.56. The van der Waals surface area contributed by atoms with E-state index in [0.717, 1.165) is 20.9 Å². The van der Waals surface area contributed by atoms with Gasteiger partial charge in [-0.15, -0.1) is 0 Å². The van der Waals surface area contributed by atoms with Gasteiger partial charge in [0.15, 0.2) is 6.61 Å². The van der Waals surface area contributed by atoms with Crippen LogP contribution in [0.1, 0.15) is 11.1 Å². The predicted molar refractivity (Wildman–Crippen MR) is 169 cm³/mol. The van der Waals surface area contributed by atoms with E-state index in [2.05, 4.69) is 5.32 Å². The Labute approximate surface area is 251 Å². The lowest BCUT2D eigenvalue weighted by atomic mass is 10.2. The lowest BCUT2D eigenvalue weighted by molar-refractivity contribution is -0.118. The van der Waals surface area contributed by atoms with Gasteiger partial charge in [0, 0.05) is 9.79 Å². The number of carbonyl (C=O) groups is 1. The van der Waals surface area contributed by atoms with Gasteiger partial charge in [-0.1, -0.05) is 90.1 Å². The van der Waals surface area contributed by atoms with E-state index in [4.69, 9.17) is 4.74 Å². The second-order valence-electron chi connectivity index (χ2n) is 9.55. The molecule has 1 amide bonds. The van der Waals surface area contributed by atoms with Crippen LogP contribution in [0.4, 0.5) is 11.4 Å². The first-order valence-corrected chi connectivity index (χ1v) is 15.6. The second kappa shape index (κ2) is 13.4. The van der Waals surface area contributed by atoms with Crippen LogP contribution >= 0.6 is 11.8 Å². The van der Waals surface area contributed by atoms with Crippen molar-refractivity contribution in [1.82, 2.24) is 0 Å². The maximum absolute atomic E-state index is 13.7. The molecule has 0 unspecified atom stereocenters. The number of benzene rings is 5. The molecule has 0 saturated heterocycles. The summed E-state index contributed by atoms with van der Waals surface area (Å²) >= 11 is 1.57. The van der Waals surface area contributed by atoms with Crippen LogP contribution in [0.3, 0.4) is 0 Å². The van der Waals surface area contributed by atoms with Gasteiger partial charge in [0.2, 0.25) is 0 Å². The number of sulfonamides is 1. The van der Waals surface area contributed by atoms with Crippen molar-refractivity contribution in [3.05, 3.63) is 145 Å². The van der Waals surface area contributed by atoms with E-state index in [-0.39, 0.29) is 24.0 Å². The molecule has 0 aliphatic carbocycles. The third-order valence-corrected chi connectivity index (χ3v) is 9.28. The van der Waals surface area contributed by atoms with Crippen LogP contribution in [-0.2, 0) is 21.4 Å². The number of nitrogens with zero attached hydrogens (tertiary/aromatic N) is 1. The van der Waals surface area contributed by atoms with E-state index in [1.165, 1.54) is 4.31 Å². The molecule has 5 rings (SSSR count). The van der Waals surface area contributed by atoms with Crippen LogP contribution in [0.25, 0.3) is 0 Å². The number of para-hydroxylation sites is 1. The number of nitrogens with one attached hydrogen (secondary N) is 1. The molecule has 0 fully saturated rings. The van der Waals surface area contributed by atoms with Gasteiger partial charge in [0.05, 0.1) is 22.8 Å². The molecule has 6 nitrogen and oxygen atoms in total. The van der Waals surface area contributed by atoms with E-state index >= 15 is 0 Å². The second-order valence-corrected chi connectivity index (χ2v) is 12.5. The monoisotopic (exact) mass is 594 g/mol. The smallest absolute Gasteiger partial charge is 0.264 e. The zero-order chi connectivity index (χ0) is 29.4. The number of hydrogen-bond acceptors (Lipinski definition) is 5. The zero-order valence-electron chi connectivity index (χ0n) is 23.0. The van der Waals surface area contributed by atoms with E-state index in [1.807, 2.05) is 91.9 Å². The Morgan fingerprint density at radius 3 is 2.07 bits per heavy atom. The molecule has 42 heavy (non-hydrogen) atoms. The van der Waals surface area contributed by atoms with E-state index in [0.29, 0.717) is 17.1 Å². The third-order valence-electron chi connectivity index (χ3n) is 6.40. The topological polar surface area (TPSA) is 75.7 Å². The highest BCUT2D eigenvalue weighted by Gasteiger charge is 2.25. The zero-order valence-corrected chi connectivity index (χ0v) is 24.6. The van der Waals surface area contributed by atoms with Crippen molar-refractivity contribution in [3.8, 4) is 5.75 Å². The van der Waals surface area contributed by atoms with Crippen LogP contribution in [0, 0.1) is 6.92 Å². The largest absolute Gasteiger partial charge is 0.484 e.